The van der Waals surface area contributed by atoms with Crippen LogP contribution < -0.4 is 22.1 Å². The van der Waals surface area contributed by atoms with E-state index in [1.165, 1.54) is 13.8 Å². The van der Waals surface area contributed by atoms with E-state index in [2.05, 4.69) is 10.6 Å². The summed E-state index contributed by atoms with van der Waals surface area (Å²) < 4.78 is 12.6. The Morgan fingerprint density at radius 3 is 2.08 bits per heavy atom. The summed E-state index contributed by atoms with van der Waals surface area (Å²) in [4.78, 5) is 44.8. The largest absolute Gasteiger partial charge is 0.481 e. The fourth-order valence-electron chi connectivity index (χ4n) is 1.85. The van der Waals surface area contributed by atoms with Crippen LogP contribution in [-0.4, -0.2) is 51.4 Å². The molecule has 0 rings (SSSR count). The molecule has 0 saturated heterocycles. The molecule has 2 amide bonds. The summed E-state index contributed by atoms with van der Waals surface area (Å²) >= 11 is 0. The Balaban J connectivity index is 5.25. The lowest BCUT2D eigenvalue weighted by molar-refractivity contribution is -0.137. The number of carbonyl (C=O) groups excluding carboxylic acids is 2. The van der Waals surface area contributed by atoms with Gasteiger partial charge in [0.15, 0.2) is 0 Å². The van der Waals surface area contributed by atoms with Gasteiger partial charge >= 0.3 is 5.97 Å². The van der Waals surface area contributed by atoms with Crippen molar-refractivity contribution in [2.75, 3.05) is 0 Å². The van der Waals surface area contributed by atoms with E-state index < -0.39 is 55.2 Å². The SMILES string of the molecule is CCC[C@H](N)C(=O)NC(CC(=O)O)P(=O)(O)C(C)NC(=O)[C@H](C)N. The van der Waals surface area contributed by atoms with Crippen LogP contribution in [-0.2, 0) is 18.9 Å². The monoisotopic (exact) mass is 366 g/mol. The maximum atomic E-state index is 12.6. The van der Waals surface area contributed by atoms with Crippen molar-refractivity contribution in [2.45, 2.75) is 63.7 Å². The summed E-state index contributed by atoms with van der Waals surface area (Å²) in [5.41, 5.74) is 11.0. The minimum Gasteiger partial charge on any atom is -0.481 e. The molecule has 0 aliphatic heterocycles. The first-order valence-electron chi connectivity index (χ1n) is 7.59. The number of nitrogens with two attached hydrogens (primary N) is 2. The second-order valence-electron chi connectivity index (χ2n) is 5.66. The van der Waals surface area contributed by atoms with Crippen molar-refractivity contribution in [3.05, 3.63) is 0 Å². The van der Waals surface area contributed by atoms with E-state index in [-0.39, 0.29) is 0 Å². The fourth-order valence-corrected chi connectivity index (χ4v) is 3.43. The number of hydrogen-bond donors (Lipinski definition) is 6. The number of carbonyl (C=O) groups is 3. The topological polar surface area (TPSA) is 185 Å². The minimum atomic E-state index is -4.31. The van der Waals surface area contributed by atoms with Gasteiger partial charge in [0, 0.05) is 0 Å². The molecule has 0 aliphatic rings. The van der Waals surface area contributed by atoms with Crippen molar-refractivity contribution in [3.8, 4) is 0 Å². The molecular formula is C13H27N4O6P. The lowest BCUT2D eigenvalue weighted by Crippen LogP contribution is -2.49. The fraction of sp³-hybridized carbons (Fsp3) is 0.769. The summed E-state index contributed by atoms with van der Waals surface area (Å²) in [5, 5.41) is 13.4. The lowest BCUT2D eigenvalue weighted by Gasteiger charge is -2.29. The third-order valence-electron chi connectivity index (χ3n) is 3.38. The number of hydrogen-bond acceptors (Lipinski definition) is 6. The number of nitrogens with one attached hydrogen (secondary N) is 2. The van der Waals surface area contributed by atoms with Crippen LogP contribution in [0.4, 0.5) is 0 Å². The van der Waals surface area contributed by atoms with Crippen LogP contribution in [0.2, 0.25) is 0 Å². The highest BCUT2D eigenvalue weighted by Gasteiger charge is 2.40. The van der Waals surface area contributed by atoms with Gasteiger partial charge in [-0.15, -0.1) is 0 Å². The molecule has 3 unspecified atom stereocenters. The second-order valence-corrected chi connectivity index (χ2v) is 8.41. The number of carboxylic acid groups (broad SMARTS) is 1. The molecule has 0 aliphatic carbocycles. The van der Waals surface area contributed by atoms with E-state index in [0.717, 1.165) is 0 Å². The molecule has 0 spiro atoms. The molecule has 0 heterocycles. The Morgan fingerprint density at radius 2 is 1.67 bits per heavy atom. The predicted molar refractivity (Wildman–Crippen MR) is 88.1 cm³/mol. The third-order valence-corrected chi connectivity index (χ3v) is 5.82. The van der Waals surface area contributed by atoms with Crippen LogP contribution in [0.15, 0.2) is 0 Å². The van der Waals surface area contributed by atoms with Crippen LogP contribution in [0, 0.1) is 0 Å². The van der Waals surface area contributed by atoms with Gasteiger partial charge in [0.2, 0.25) is 19.2 Å². The van der Waals surface area contributed by atoms with E-state index in [4.69, 9.17) is 16.6 Å². The van der Waals surface area contributed by atoms with Crippen LogP contribution in [0.3, 0.4) is 0 Å². The van der Waals surface area contributed by atoms with Gasteiger partial charge in [0.1, 0.15) is 11.6 Å². The van der Waals surface area contributed by atoms with Crippen LogP contribution in [0.25, 0.3) is 0 Å². The Bertz CT molecular complexity index is 513. The van der Waals surface area contributed by atoms with E-state index >= 15 is 0 Å². The predicted octanol–water partition coefficient (Wildman–Crippen LogP) is -0.889. The van der Waals surface area contributed by atoms with Gasteiger partial charge in [-0.1, -0.05) is 13.3 Å². The Hall–Kier alpha value is -1.48. The molecule has 10 nitrogen and oxygen atoms in total. The van der Waals surface area contributed by atoms with Crippen molar-refractivity contribution in [1.29, 1.82) is 0 Å². The molecule has 0 aromatic rings. The first kappa shape index (κ1) is 22.5. The van der Waals surface area contributed by atoms with Gasteiger partial charge in [-0.3, -0.25) is 18.9 Å². The van der Waals surface area contributed by atoms with Crippen LogP contribution in [0.1, 0.15) is 40.0 Å². The zero-order valence-corrected chi connectivity index (χ0v) is 15.0. The average Bonchev–Trinajstić information content (AvgIpc) is 2.45. The van der Waals surface area contributed by atoms with Gasteiger partial charge in [-0.2, -0.15) is 0 Å². The Labute approximate surface area is 140 Å². The van der Waals surface area contributed by atoms with E-state index in [9.17, 15) is 23.8 Å². The number of aliphatic carboxylic acids is 1. The zero-order valence-electron chi connectivity index (χ0n) is 14.1. The first-order chi connectivity index (χ1) is 10.9. The maximum Gasteiger partial charge on any atom is 0.306 e. The molecule has 24 heavy (non-hydrogen) atoms. The highest BCUT2D eigenvalue weighted by molar-refractivity contribution is 7.59. The quantitative estimate of drug-likeness (QED) is 0.269. The summed E-state index contributed by atoms with van der Waals surface area (Å²) in [6.45, 7) is 4.45. The smallest absolute Gasteiger partial charge is 0.306 e. The van der Waals surface area contributed by atoms with E-state index in [0.29, 0.717) is 12.8 Å². The molecule has 140 valence electrons. The number of rotatable bonds is 10. The lowest BCUT2D eigenvalue weighted by atomic mass is 10.1. The molecule has 5 atom stereocenters. The van der Waals surface area contributed by atoms with Gasteiger partial charge in [-0.25, -0.2) is 0 Å². The van der Waals surface area contributed by atoms with E-state index in [1.807, 2.05) is 6.92 Å². The van der Waals surface area contributed by atoms with Crippen molar-refractivity contribution in [1.82, 2.24) is 10.6 Å². The van der Waals surface area contributed by atoms with Crippen LogP contribution >= 0.6 is 7.37 Å². The molecule has 0 saturated carbocycles. The van der Waals surface area contributed by atoms with Crippen molar-refractivity contribution in [3.63, 3.8) is 0 Å². The molecule has 11 heteroatoms. The highest BCUT2D eigenvalue weighted by Crippen LogP contribution is 2.50. The number of amides is 2. The molecule has 0 fully saturated rings. The molecule has 8 N–H and O–H groups in total. The van der Waals surface area contributed by atoms with Gasteiger partial charge < -0.3 is 32.1 Å². The normalized spacial score (nSPS) is 18.6. The number of carboxylic acids is 1. The van der Waals surface area contributed by atoms with Gasteiger partial charge in [-0.05, 0) is 20.3 Å². The molecule has 0 aromatic carbocycles. The standard InChI is InChI=1S/C13H27N4O6P/c1-4-5-9(15)13(21)17-10(6-11(18)19)24(22,23)8(3)16-12(20)7(2)14/h7-10H,4-6,14-15H2,1-3H3,(H,16,20)(H,17,21)(H,18,19)(H,22,23)/t7-,8?,9-,10?/m0/s1. The molecule has 0 radical (unpaired) electrons. The molecule has 0 aromatic heterocycles. The minimum absolute atomic E-state index is 0.346. The molecular weight excluding hydrogens is 339 g/mol. The van der Waals surface area contributed by atoms with E-state index in [1.54, 1.807) is 0 Å². The third kappa shape index (κ3) is 6.96. The average molecular weight is 366 g/mol. The van der Waals surface area contributed by atoms with Crippen molar-refractivity contribution < 1.29 is 28.9 Å². The van der Waals surface area contributed by atoms with Gasteiger partial charge in [0.25, 0.3) is 0 Å². The highest BCUT2D eigenvalue weighted by atomic mass is 31.2. The summed E-state index contributed by atoms with van der Waals surface area (Å²) in [7, 11) is -4.31. The summed E-state index contributed by atoms with van der Waals surface area (Å²) in [6, 6.07) is -1.82. The van der Waals surface area contributed by atoms with Crippen molar-refractivity contribution >= 4 is 25.2 Å². The first-order valence-corrected chi connectivity index (χ1v) is 9.39. The second kappa shape index (κ2) is 9.73. The Kier molecular flexibility index (Phi) is 9.13. The summed E-state index contributed by atoms with van der Waals surface area (Å²) in [6.07, 6.45) is 0.185. The Morgan fingerprint density at radius 1 is 1.12 bits per heavy atom. The van der Waals surface area contributed by atoms with Crippen LogP contribution in [0.5, 0.6) is 0 Å². The molecule has 0 bridgehead atoms. The zero-order chi connectivity index (χ0) is 19.1. The maximum absolute atomic E-state index is 12.6. The van der Waals surface area contributed by atoms with Gasteiger partial charge in [0.05, 0.1) is 18.5 Å². The van der Waals surface area contributed by atoms with Crippen molar-refractivity contribution in [2.24, 2.45) is 11.5 Å². The summed E-state index contributed by atoms with van der Waals surface area (Å²) in [5.74, 6) is -5.62.